The predicted octanol–water partition coefficient (Wildman–Crippen LogP) is 3.81. The zero-order valence-corrected chi connectivity index (χ0v) is 12.2. The number of hydrogen-bond donors (Lipinski definition) is 2. The molecular weight excluding hydrogens is 300 g/mol. The van der Waals surface area contributed by atoms with Crippen LogP contribution in [-0.2, 0) is 6.54 Å². The first-order chi connectivity index (χ1) is 9.56. The van der Waals surface area contributed by atoms with Crippen molar-refractivity contribution < 1.29 is 8.78 Å². The summed E-state index contributed by atoms with van der Waals surface area (Å²) in [5.74, 6) is -1.21. The summed E-state index contributed by atoms with van der Waals surface area (Å²) in [7, 11) is 0. The number of nitrogens with zero attached hydrogens (tertiary/aromatic N) is 1. The molecule has 1 heterocycles. The third kappa shape index (κ3) is 2.86. The van der Waals surface area contributed by atoms with Gasteiger partial charge in [-0.15, -0.1) is 23.1 Å². The third-order valence-corrected chi connectivity index (χ3v) is 4.69. The van der Waals surface area contributed by atoms with Crippen LogP contribution in [0.1, 0.15) is 10.4 Å². The summed E-state index contributed by atoms with van der Waals surface area (Å²) < 4.78 is 26.3. The Labute approximate surface area is 123 Å². The molecule has 0 fully saturated rings. The number of nitrogens with one attached hydrogen (secondary N) is 1. The SMILES string of the molecule is CSc1c(NCc2ccc(F)cc2F)sc(C#N)c1N. The molecule has 0 bridgehead atoms. The van der Waals surface area contributed by atoms with Crippen LogP contribution in [0.4, 0.5) is 19.5 Å². The van der Waals surface area contributed by atoms with Crippen LogP contribution >= 0.6 is 23.1 Å². The first-order valence-corrected chi connectivity index (χ1v) is 7.65. The molecule has 1 aromatic carbocycles. The van der Waals surface area contributed by atoms with Gasteiger partial charge in [0, 0.05) is 18.2 Å². The summed E-state index contributed by atoms with van der Waals surface area (Å²) in [5.41, 5.74) is 6.64. The maximum Gasteiger partial charge on any atom is 0.131 e. The van der Waals surface area contributed by atoms with E-state index in [1.165, 1.54) is 35.2 Å². The van der Waals surface area contributed by atoms with Crippen LogP contribution in [0, 0.1) is 23.0 Å². The third-order valence-electron chi connectivity index (χ3n) is 2.66. The molecule has 0 saturated heterocycles. The van der Waals surface area contributed by atoms with Gasteiger partial charge in [0.25, 0.3) is 0 Å². The Morgan fingerprint density at radius 2 is 2.20 bits per heavy atom. The largest absolute Gasteiger partial charge is 0.396 e. The van der Waals surface area contributed by atoms with Crippen molar-refractivity contribution in [1.29, 1.82) is 5.26 Å². The second kappa shape index (κ2) is 6.11. The first kappa shape index (κ1) is 14.6. The number of rotatable bonds is 4. The Kier molecular flexibility index (Phi) is 4.47. The van der Waals surface area contributed by atoms with E-state index >= 15 is 0 Å². The Morgan fingerprint density at radius 3 is 2.80 bits per heavy atom. The Hall–Kier alpha value is -1.78. The molecule has 20 heavy (non-hydrogen) atoms. The van der Waals surface area contributed by atoms with E-state index in [1.807, 2.05) is 12.3 Å². The molecule has 0 saturated carbocycles. The van der Waals surface area contributed by atoms with Gasteiger partial charge in [-0.2, -0.15) is 5.26 Å². The average Bonchev–Trinajstić information content (AvgIpc) is 2.73. The summed E-state index contributed by atoms with van der Waals surface area (Å²) in [5, 5.41) is 12.7. The van der Waals surface area contributed by atoms with Crippen molar-refractivity contribution in [3.63, 3.8) is 0 Å². The summed E-state index contributed by atoms with van der Waals surface area (Å²) in [6, 6.07) is 5.46. The van der Waals surface area contributed by atoms with E-state index < -0.39 is 11.6 Å². The summed E-state index contributed by atoms with van der Waals surface area (Å²) in [6.45, 7) is 0.199. The molecule has 3 nitrogen and oxygen atoms in total. The molecule has 0 amide bonds. The van der Waals surface area contributed by atoms with Crippen molar-refractivity contribution in [3.05, 3.63) is 40.3 Å². The van der Waals surface area contributed by atoms with E-state index in [0.717, 1.165) is 16.0 Å². The normalized spacial score (nSPS) is 10.3. The Morgan fingerprint density at radius 1 is 1.45 bits per heavy atom. The van der Waals surface area contributed by atoms with E-state index in [2.05, 4.69) is 5.32 Å². The molecule has 0 aliphatic carbocycles. The standard InChI is InChI=1S/C13H11F2N3S2/c1-19-12-11(17)10(5-16)20-13(12)18-6-7-2-3-8(14)4-9(7)15/h2-4,18H,6,17H2,1H3. The van der Waals surface area contributed by atoms with Gasteiger partial charge in [0.05, 0.1) is 10.6 Å². The van der Waals surface area contributed by atoms with Gasteiger partial charge in [0.15, 0.2) is 0 Å². The highest BCUT2D eigenvalue weighted by Crippen LogP contribution is 2.41. The van der Waals surface area contributed by atoms with E-state index in [4.69, 9.17) is 11.0 Å². The minimum absolute atomic E-state index is 0.199. The highest BCUT2D eigenvalue weighted by molar-refractivity contribution is 7.99. The van der Waals surface area contributed by atoms with Crippen LogP contribution < -0.4 is 11.1 Å². The van der Waals surface area contributed by atoms with Crippen LogP contribution in [0.2, 0.25) is 0 Å². The maximum atomic E-state index is 13.5. The maximum absolute atomic E-state index is 13.5. The molecule has 2 rings (SSSR count). The fraction of sp³-hybridized carbons (Fsp3) is 0.154. The molecule has 0 unspecified atom stereocenters. The van der Waals surface area contributed by atoms with Crippen molar-refractivity contribution in [3.8, 4) is 6.07 Å². The highest BCUT2D eigenvalue weighted by atomic mass is 32.2. The van der Waals surface area contributed by atoms with Crippen LogP contribution in [0.3, 0.4) is 0 Å². The first-order valence-electron chi connectivity index (χ1n) is 5.61. The van der Waals surface area contributed by atoms with Gasteiger partial charge in [-0.05, 0) is 12.3 Å². The predicted molar refractivity (Wildman–Crippen MR) is 78.9 cm³/mol. The number of nitrogen functional groups attached to an aromatic ring is 1. The van der Waals surface area contributed by atoms with Crippen LogP contribution in [0.15, 0.2) is 23.1 Å². The molecule has 1 aromatic heterocycles. The second-order valence-corrected chi connectivity index (χ2v) is 5.75. The molecule has 0 aliphatic rings. The molecule has 0 spiro atoms. The lowest BCUT2D eigenvalue weighted by atomic mass is 10.2. The van der Waals surface area contributed by atoms with Gasteiger partial charge >= 0.3 is 0 Å². The second-order valence-electron chi connectivity index (χ2n) is 3.91. The van der Waals surface area contributed by atoms with E-state index in [0.29, 0.717) is 16.1 Å². The number of anilines is 2. The lowest BCUT2D eigenvalue weighted by molar-refractivity contribution is 0.574. The molecule has 2 aromatic rings. The number of benzene rings is 1. The highest BCUT2D eigenvalue weighted by Gasteiger charge is 2.15. The van der Waals surface area contributed by atoms with Crippen molar-refractivity contribution in [1.82, 2.24) is 0 Å². The average molecular weight is 311 g/mol. The minimum Gasteiger partial charge on any atom is -0.396 e. The molecule has 0 radical (unpaired) electrons. The van der Waals surface area contributed by atoms with Crippen LogP contribution in [0.5, 0.6) is 0 Å². The van der Waals surface area contributed by atoms with Gasteiger partial charge in [-0.25, -0.2) is 8.78 Å². The molecule has 7 heteroatoms. The summed E-state index contributed by atoms with van der Waals surface area (Å²) >= 11 is 2.64. The zero-order chi connectivity index (χ0) is 14.7. The zero-order valence-electron chi connectivity index (χ0n) is 10.5. The monoisotopic (exact) mass is 311 g/mol. The summed E-state index contributed by atoms with van der Waals surface area (Å²) in [4.78, 5) is 1.20. The van der Waals surface area contributed by atoms with Gasteiger partial charge < -0.3 is 11.1 Å². The number of nitrogens with two attached hydrogens (primary N) is 1. The topological polar surface area (TPSA) is 61.8 Å². The van der Waals surface area contributed by atoms with E-state index in [9.17, 15) is 8.78 Å². The minimum atomic E-state index is -0.608. The van der Waals surface area contributed by atoms with Gasteiger partial charge in [0.1, 0.15) is 27.6 Å². The number of thioether (sulfide) groups is 1. The van der Waals surface area contributed by atoms with E-state index in [-0.39, 0.29) is 6.54 Å². The number of thiophene rings is 1. The van der Waals surface area contributed by atoms with Crippen LogP contribution in [-0.4, -0.2) is 6.26 Å². The molecular formula is C13H11F2N3S2. The van der Waals surface area contributed by atoms with Gasteiger partial charge in [-0.3, -0.25) is 0 Å². The van der Waals surface area contributed by atoms with Crippen molar-refractivity contribution in [2.75, 3.05) is 17.3 Å². The van der Waals surface area contributed by atoms with Gasteiger partial charge in [0.2, 0.25) is 0 Å². The molecule has 0 aliphatic heterocycles. The fourth-order valence-corrected chi connectivity index (χ4v) is 3.50. The van der Waals surface area contributed by atoms with Gasteiger partial charge in [-0.1, -0.05) is 6.07 Å². The Balaban J connectivity index is 2.21. The number of hydrogen-bond acceptors (Lipinski definition) is 5. The summed E-state index contributed by atoms with van der Waals surface area (Å²) in [6.07, 6.45) is 1.85. The smallest absolute Gasteiger partial charge is 0.131 e. The van der Waals surface area contributed by atoms with Crippen molar-refractivity contribution in [2.24, 2.45) is 0 Å². The molecule has 0 atom stereocenters. The molecule has 104 valence electrons. The number of nitriles is 1. The quantitative estimate of drug-likeness (QED) is 0.843. The van der Waals surface area contributed by atoms with Crippen molar-refractivity contribution >= 4 is 33.8 Å². The molecule has 3 N–H and O–H groups in total. The lowest BCUT2D eigenvalue weighted by Crippen LogP contribution is -2.01. The van der Waals surface area contributed by atoms with Crippen LogP contribution in [0.25, 0.3) is 0 Å². The van der Waals surface area contributed by atoms with Crippen molar-refractivity contribution in [2.45, 2.75) is 11.4 Å². The lowest BCUT2D eigenvalue weighted by Gasteiger charge is -2.07. The van der Waals surface area contributed by atoms with E-state index in [1.54, 1.807) is 0 Å². The number of halogens is 2. The Bertz CT molecular complexity index is 677. The fourth-order valence-electron chi connectivity index (χ4n) is 1.67.